The van der Waals surface area contributed by atoms with E-state index in [0.717, 1.165) is 24.9 Å². The van der Waals surface area contributed by atoms with E-state index in [4.69, 9.17) is 9.84 Å². The van der Waals surface area contributed by atoms with Crippen LogP contribution in [0.1, 0.15) is 18.4 Å². The van der Waals surface area contributed by atoms with E-state index in [9.17, 15) is 5.11 Å². The van der Waals surface area contributed by atoms with Crippen LogP contribution in [0, 0.1) is 5.92 Å². The molecule has 106 valence electrons. The van der Waals surface area contributed by atoms with Crippen LogP contribution in [0.25, 0.3) is 0 Å². The smallest absolute Gasteiger partial charge is 0.0897 e. The predicted octanol–water partition coefficient (Wildman–Crippen LogP) is 0.925. The van der Waals surface area contributed by atoms with E-state index in [2.05, 4.69) is 5.32 Å². The van der Waals surface area contributed by atoms with Gasteiger partial charge in [0.15, 0.2) is 0 Å². The first-order valence-corrected chi connectivity index (χ1v) is 6.92. The van der Waals surface area contributed by atoms with E-state index in [-0.39, 0.29) is 6.10 Å². The van der Waals surface area contributed by atoms with Gasteiger partial charge in [-0.3, -0.25) is 0 Å². The summed E-state index contributed by atoms with van der Waals surface area (Å²) in [5.41, 5.74) is 1.12. The van der Waals surface area contributed by atoms with Gasteiger partial charge in [0.1, 0.15) is 0 Å². The van der Waals surface area contributed by atoms with Crippen molar-refractivity contribution in [3.63, 3.8) is 0 Å². The summed E-state index contributed by atoms with van der Waals surface area (Å²) in [5, 5.41) is 22.1. The number of rotatable bonds is 8. The molecule has 1 aliphatic rings. The molecule has 0 aliphatic heterocycles. The molecule has 1 aromatic carbocycles. The van der Waals surface area contributed by atoms with Gasteiger partial charge in [0, 0.05) is 6.54 Å². The molecule has 1 aliphatic carbocycles. The third-order valence-electron chi connectivity index (χ3n) is 3.45. The van der Waals surface area contributed by atoms with Gasteiger partial charge < -0.3 is 20.3 Å². The van der Waals surface area contributed by atoms with E-state index in [1.54, 1.807) is 0 Å². The Morgan fingerprint density at radius 3 is 2.68 bits per heavy atom. The molecule has 0 radical (unpaired) electrons. The topological polar surface area (TPSA) is 61.7 Å². The highest BCUT2D eigenvalue weighted by molar-refractivity contribution is 5.13. The molecule has 0 aromatic heterocycles. The molecule has 19 heavy (non-hydrogen) atoms. The van der Waals surface area contributed by atoms with Gasteiger partial charge in [-0.25, -0.2) is 0 Å². The van der Waals surface area contributed by atoms with Crippen molar-refractivity contribution in [1.29, 1.82) is 0 Å². The van der Waals surface area contributed by atoms with E-state index in [1.807, 2.05) is 30.3 Å². The summed E-state index contributed by atoms with van der Waals surface area (Å²) in [6.07, 6.45) is 1.18. The highest BCUT2D eigenvalue weighted by Crippen LogP contribution is 2.25. The number of aliphatic hydroxyl groups excluding tert-OH is 2. The first-order chi connectivity index (χ1) is 9.24. The van der Waals surface area contributed by atoms with Crippen molar-refractivity contribution < 1.29 is 14.9 Å². The van der Waals surface area contributed by atoms with E-state index < -0.39 is 6.10 Å². The standard InChI is InChI=1S/C15H23NO3/c17-14-6-13(7-14)8-16-9-15(18)11-19-10-12-4-2-1-3-5-12/h1-5,13-18H,6-11H2. The maximum absolute atomic E-state index is 9.75. The zero-order valence-electron chi connectivity index (χ0n) is 11.2. The van der Waals surface area contributed by atoms with Crippen LogP contribution < -0.4 is 5.32 Å². The zero-order valence-corrected chi connectivity index (χ0v) is 11.2. The Morgan fingerprint density at radius 1 is 1.26 bits per heavy atom. The van der Waals surface area contributed by atoms with E-state index in [0.29, 0.717) is 25.7 Å². The molecule has 1 aromatic rings. The first kappa shape index (κ1) is 14.5. The van der Waals surface area contributed by atoms with Gasteiger partial charge in [-0.2, -0.15) is 0 Å². The number of nitrogens with one attached hydrogen (secondary N) is 1. The quantitative estimate of drug-likeness (QED) is 0.654. The van der Waals surface area contributed by atoms with Crippen molar-refractivity contribution >= 4 is 0 Å². The van der Waals surface area contributed by atoms with Crippen LogP contribution in [0.4, 0.5) is 0 Å². The molecule has 1 unspecified atom stereocenters. The number of ether oxygens (including phenoxy) is 1. The summed E-state index contributed by atoms with van der Waals surface area (Å²) >= 11 is 0. The number of aliphatic hydroxyl groups is 2. The van der Waals surface area contributed by atoms with Gasteiger partial charge in [0.25, 0.3) is 0 Å². The molecule has 0 amide bonds. The second-order valence-electron chi connectivity index (χ2n) is 5.30. The monoisotopic (exact) mass is 265 g/mol. The highest BCUT2D eigenvalue weighted by Gasteiger charge is 2.26. The summed E-state index contributed by atoms with van der Waals surface area (Å²) < 4.78 is 5.47. The van der Waals surface area contributed by atoms with Gasteiger partial charge >= 0.3 is 0 Å². The number of hydrogen-bond donors (Lipinski definition) is 3. The molecule has 2 rings (SSSR count). The van der Waals surface area contributed by atoms with Crippen molar-refractivity contribution in [3.8, 4) is 0 Å². The van der Waals surface area contributed by atoms with Crippen molar-refractivity contribution in [2.24, 2.45) is 5.92 Å². The molecular weight excluding hydrogens is 242 g/mol. The van der Waals surface area contributed by atoms with Crippen LogP contribution in [0.5, 0.6) is 0 Å². The Bertz CT molecular complexity index is 352. The van der Waals surface area contributed by atoms with Gasteiger partial charge in [-0.1, -0.05) is 30.3 Å². The normalized spacial score (nSPS) is 23.9. The van der Waals surface area contributed by atoms with Crippen LogP contribution in [0.3, 0.4) is 0 Å². The second kappa shape index (κ2) is 7.60. The van der Waals surface area contributed by atoms with Crippen LogP contribution in [0.2, 0.25) is 0 Å². The van der Waals surface area contributed by atoms with Gasteiger partial charge in [-0.05, 0) is 30.9 Å². The lowest BCUT2D eigenvalue weighted by Gasteiger charge is -2.31. The summed E-state index contributed by atoms with van der Waals surface area (Å²) in [4.78, 5) is 0. The highest BCUT2D eigenvalue weighted by atomic mass is 16.5. The Hall–Kier alpha value is -0.940. The Morgan fingerprint density at radius 2 is 2.00 bits per heavy atom. The molecule has 1 fully saturated rings. The molecule has 1 saturated carbocycles. The average molecular weight is 265 g/mol. The lowest BCUT2D eigenvalue weighted by atomic mass is 9.82. The molecule has 1 atom stereocenters. The summed E-state index contributed by atoms with van der Waals surface area (Å²) in [5.74, 6) is 0.562. The number of hydrogen-bond acceptors (Lipinski definition) is 4. The Labute approximate surface area is 114 Å². The third-order valence-corrected chi connectivity index (χ3v) is 3.45. The van der Waals surface area contributed by atoms with Crippen LogP contribution in [-0.2, 0) is 11.3 Å². The molecule has 4 heteroatoms. The van der Waals surface area contributed by atoms with Gasteiger partial charge in [0.05, 0.1) is 25.4 Å². The number of benzene rings is 1. The minimum absolute atomic E-state index is 0.106. The fourth-order valence-corrected chi connectivity index (χ4v) is 2.27. The SMILES string of the molecule is OC(CNCC1CC(O)C1)COCc1ccccc1. The molecule has 4 nitrogen and oxygen atoms in total. The molecule has 0 heterocycles. The van der Waals surface area contributed by atoms with E-state index >= 15 is 0 Å². The fraction of sp³-hybridized carbons (Fsp3) is 0.600. The lowest BCUT2D eigenvalue weighted by Crippen LogP contribution is -2.39. The molecule has 0 spiro atoms. The van der Waals surface area contributed by atoms with Crippen molar-refractivity contribution in [2.45, 2.75) is 31.7 Å². The van der Waals surface area contributed by atoms with Gasteiger partial charge in [0.2, 0.25) is 0 Å². The third kappa shape index (κ3) is 5.28. The van der Waals surface area contributed by atoms with Gasteiger partial charge in [-0.15, -0.1) is 0 Å². The largest absolute Gasteiger partial charge is 0.393 e. The molecule has 0 saturated heterocycles. The summed E-state index contributed by atoms with van der Waals surface area (Å²) in [6.45, 7) is 2.29. The van der Waals surface area contributed by atoms with Crippen LogP contribution in [-0.4, -0.2) is 42.1 Å². The minimum Gasteiger partial charge on any atom is -0.393 e. The Kier molecular flexibility index (Phi) is 5.79. The van der Waals surface area contributed by atoms with Crippen LogP contribution in [0.15, 0.2) is 30.3 Å². The first-order valence-electron chi connectivity index (χ1n) is 6.92. The minimum atomic E-state index is -0.478. The second-order valence-corrected chi connectivity index (χ2v) is 5.30. The Balaban J connectivity index is 1.49. The van der Waals surface area contributed by atoms with Crippen molar-refractivity contribution in [1.82, 2.24) is 5.32 Å². The zero-order chi connectivity index (χ0) is 13.5. The fourth-order valence-electron chi connectivity index (χ4n) is 2.27. The maximum Gasteiger partial charge on any atom is 0.0897 e. The summed E-state index contributed by atoms with van der Waals surface area (Å²) in [6, 6.07) is 9.94. The van der Waals surface area contributed by atoms with Crippen LogP contribution >= 0.6 is 0 Å². The average Bonchev–Trinajstić information content (AvgIpc) is 2.38. The van der Waals surface area contributed by atoms with E-state index in [1.165, 1.54) is 0 Å². The molecule has 0 bridgehead atoms. The predicted molar refractivity (Wildman–Crippen MR) is 73.7 cm³/mol. The summed E-state index contributed by atoms with van der Waals surface area (Å²) in [7, 11) is 0. The van der Waals surface area contributed by atoms with Crippen molar-refractivity contribution in [2.75, 3.05) is 19.7 Å². The molecular formula is C15H23NO3. The lowest BCUT2D eigenvalue weighted by molar-refractivity contribution is 0.0221. The van der Waals surface area contributed by atoms with Crippen molar-refractivity contribution in [3.05, 3.63) is 35.9 Å². The maximum atomic E-state index is 9.75. The molecule has 3 N–H and O–H groups in total.